The van der Waals surface area contributed by atoms with Crippen LogP contribution in [0.25, 0.3) is 0 Å². The number of rotatable bonds is 6. The van der Waals surface area contributed by atoms with Gasteiger partial charge < -0.3 is 10.2 Å². The second-order valence-corrected chi connectivity index (χ2v) is 4.01. The van der Waals surface area contributed by atoms with Gasteiger partial charge in [0.15, 0.2) is 0 Å². The summed E-state index contributed by atoms with van der Waals surface area (Å²) in [6.45, 7) is 7.29. The van der Waals surface area contributed by atoms with Crippen molar-refractivity contribution in [2.45, 2.75) is 40.2 Å². The van der Waals surface area contributed by atoms with Crippen LogP contribution in [0.4, 0.5) is 0 Å². The topological polar surface area (TPSA) is 66.5 Å². The number of hydrogen-bond donors (Lipinski definition) is 1. The molecule has 0 saturated carbocycles. The van der Waals surface area contributed by atoms with Crippen LogP contribution in [0.1, 0.15) is 34.1 Å². The summed E-state index contributed by atoms with van der Waals surface area (Å²) < 4.78 is 0. The van der Waals surface area contributed by atoms with E-state index < -0.39 is 0 Å². The van der Waals surface area contributed by atoms with Gasteiger partial charge in [-0.25, -0.2) is 0 Å². The van der Waals surface area contributed by atoms with Gasteiger partial charge in [0.2, 0.25) is 11.8 Å². The van der Waals surface area contributed by atoms with Gasteiger partial charge in [-0.3, -0.25) is 14.4 Å². The Morgan fingerprint density at radius 1 is 1.25 bits per heavy atom. The van der Waals surface area contributed by atoms with Crippen molar-refractivity contribution >= 4 is 17.6 Å². The molecular weight excluding hydrogens is 208 g/mol. The molecule has 0 aromatic heterocycles. The van der Waals surface area contributed by atoms with Gasteiger partial charge in [-0.2, -0.15) is 0 Å². The second-order valence-electron chi connectivity index (χ2n) is 4.01. The van der Waals surface area contributed by atoms with Gasteiger partial charge >= 0.3 is 0 Å². The van der Waals surface area contributed by atoms with Crippen LogP contribution in [-0.4, -0.2) is 41.6 Å². The zero-order valence-electron chi connectivity index (χ0n) is 10.4. The highest BCUT2D eigenvalue weighted by molar-refractivity contribution is 5.98. The minimum Gasteiger partial charge on any atom is -0.352 e. The summed E-state index contributed by atoms with van der Waals surface area (Å²) in [5.41, 5.74) is 0. The molecule has 5 nitrogen and oxygen atoms in total. The maximum absolute atomic E-state index is 11.5. The average molecular weight is 228 g/mol. The lowest BCUT2D eigenvalue weighted by Crippen LogP contribution is -2.43. The standard InChI is InChI=1S/C11H20N2O3/c1-5-13(11(16)6-9(4)14)7-10(15)12-8(2)3/h8H,5-7H2,1-4H3,(H,12,15). The van der Waals surface area contributed by atoms with Crippen LogP contribution in [0.3, 0.4) is 0 Å². The Labute approximate surface area is 96.2 Å². The molecule has 0 unspecified atom stereocenters. The number of carbonyl (C=O) groups excluding carboxylic acids is 3. The first-order valence-corrected chi connectivity index (χ1v) is 5.43. The molecule has 92 valence electrons. The molecule has 0 aromatic carbocycles. The summed E-state index contributed by atoms with van der Waals surface area (Å²) >= 11 is 0. The molecule has 0 aliphatic rings. The normalized spacial score (nSPS) is 10.1. The van der Waals surface area contributed by atoms with Gasteiger partial charge in [-0.1, -0.05) is 0 Å². The zero-order chi connectivity index (χ0) is 12.7. The number of nitrogens with one attached hydrogen (secondary N) is 1. The molecular formula is C11H20N2O3. The van der Waals surface area contributed by atoms with E-state index in [1.54, 1.807) is 6.92 Å². The van der Waals surface area contributed by atoms with Crippen molar-refractivity contribution in [1.82, 2.24) is 10.2 Å². The molecule has 0 atom stereocenters. The molecule has 0 saturated heterocycles. The Bertz CT molecular complexity index is 274. The Balaban J connectivity index is 4.23. The molecule has 0 radical (unpaired) electrons. The summed E-state index contributed by atoms with van der Waals surface area (Å²) in [5.74, 6) is -0.685. The average Bonchev–Trinajstić information content (AvgIpc) is 2.11. The Hall–Kier alpha value is -1.39. The molecule has 2 amide bonds. The Morgan fingerprint density at radius 2 is 1.81 bits per heavy atom. The summed E-state index contributed by atoms with van der Waals surface area (Å²) in [6, 6.07) is 0.0501. The van der Waals surface area contributed by atoms with Crippen LogP contribution in [0, 0.1) is 0 Å². The van der Waals surface area contributed by atoms with Crippen molar-refractivity contribution in [2.24, 2.45) is 0 Å². The number of carbonyl (C=O) groups is 3. The van der Waals surface area contributed by atoms with Gasteiger partial charge in [0.05, 0.1) is 13.0 Å². The lowest BCUT2D eigenvalue weighted by molar-refractivity contribution is -0.138. The highest BCUT2D eigenvalue weighted by Crippen LogP contribution is 1.95. The summed E-state index contributed by atoms with van der Waals surface area (Å²) in [7, 11) is 0. The zero-order valence-corrected chi connectivity index (χ0v) is 10.4. The van der Waals surface area contributed by atoms with Gasteiger partial charge in [0.25, 0.3) is 0 Å². The number of ketones is 1. The Kier molecular flexibility index (Phi) is 6.37. The second kappa shape index (κ2) is 6.98. The monoisotopic (exact) mass is 228 g/mol. The van der Waals surface area contributed by atoms with Gasteiger partial charge in [-0.15, -0.1) is 0 Å². The van der Waals surface area contributed by atoms with Crippen molar-refractivity contribution in [2.75, 3.05) is 13.1 Å². The van der Waals surface area contributed by atoms with E-state index in [2.05, 4.69) is 5.32 Å². The van der Waals surface area contributed by atoms with Crippen molar-refractivity contribution in [1.29, 1.82) is 0 Å². The third-order valence-electron chi connectivity index (χ3n) is 1.92. The van der Waals surface area contributed by atoms with Crippen LogP contribution in [0.5, 0.6) is 0 Å². The van der Waals surface area contributed by atoms with Crippen molar-refractivity contribution in [3.8, 4) is 0 Å². The van der Waals surface area contributed by atoms with Crippen molar-refractivity contribution in [3.63, 3.8) is 0 Å². The lowest BCUT2D eigenvalue weighted by atomic mass is 10.2. The first-order valence-electron chi connectivity index (χ1n) is 5.43. The molecule has 0 aliphatic heterocycles. The predicted octanol–water partition coefficient (Wildman–Crippen LogP) is 0.339. The summed E-state index contributed by atoms with van der Waals surface area (Å²) in [4.78, 5) is 35.1. The van der Waals surface area contributed by atoms with Crippen molar-refractivity contribution in [3.05, 3.63) is 0 Å². The lowest BCUT2D eigenvalue weighted by Gasteiger charge is -2.20. The number of nitrogens with zero attached hydrogens (tertiary/aromatic N) is 1. The first kappa shape index (κ1) is 14.6. The molecule has 0 rings (SSSR count). The van der Waals surface area contributed by atoms with E-state index in [1.807, 2.05) is 13.8 Å². The fourth-order valence-corrected chi connectivity index (χ4v) is 1.24. The Morgan fingerprint density at radius 3 is 2.19 bits per heavy atom. The number of Topliss-reactive ketones (excluding diaryl/α,β-unsaturated/α-hetero) is 1. The molecule has 16 heavy (non-hydrogen) atoms. The number of likely N-dealkylation sites (N-methyl/N-ethyl adjacent to an activating group) is 1. The van der Waals surface area contributed by atoms with E-state index in [-0.39, 0.29) is 36.6 Å². The largest absolute Gasteiger partial charge is 0.352 e. The van der Waals surface area contributed by atoms with Gasteiger partial charge in [0, 0.05) is 12.6 Å². The smallest absolute Gasteiger partial charge is 0.239 e. The molecule has 0 heterocycles. The fraction of sp³-hybridized carbons (Fsp3) is 0.727. The van der Waals surface area contributed by atoms with E-state index in [0.717, 1.165) is 0 Å². The van der Waals surface area contributed by atoms with E-state index in [4.69, 9.17) is 0 Å². The van der Waals surface area contributed by atoms with Crippen LogP contribution in [-0.2, 0) is 14.4 Å². The number of amides is 2. The van der Waals surface area contributed by atoms with Crippen LogP contribution in [0.15, 0.2) is 0 Å². The van der Waals surface area contributed by atoms with Crippen LogP contribution < -0.4 is 5.32 Å². The molecule has 0 spiro atoms. The SMILES string of the molecule is CCN(CC(=O)NC(C)C)C(=O)CC(C)=O. The maximum atomic E-state index is 11.5. The van der Waals surface area contributed by atoms with Crippen LogP contribution in [0.2, 0.25) is 0 Å². The van der Waals surface area contributed by atoms with Gasteiger partial charge in [-0.05, 0) is 27.7 Å². The first-order chi connectivity index (χ1) is 7.36. The summed E-state index contributed by atoms with van der Waals surface area (Å²) in [5, 5.41) is 2.70. The van der Waals surface area contributed by atoms with Crippen molar-refractivity contribution < 1.29 is 14.4 Å². The number of hydrogen-bond acceptors (Lipinski definition) is 3. The highest BCUT2D eigenvalue weighted by atomic mass is 16.2. The minimum atomic E-state index is -0.297. The van der Waals surface area contributed by atoms with E-state index >= 15 is 0 Å². The van der Waals surface area contributed by atoms with E-state index in [1.165, 1.54) is 11.8 Å². The van der Waals surface area contributed by atoms with Crippen LogP contribution >= 0.6 is 0 Å². The molecule has 0 aromatic rings. The quantitative estimate of drug-likeness (QED) is 0.667. The van der Waals surface area contributed by atoms with Gasteiger partial charge in [0.1, 0.15) is 5.78 Å². The maximum Gasteiger partial charge on any atom is 0.239 e. The molecule has 5 heteroatoms. The minimum absolute atomic E-state index is 0.0147. The highest BCUT2D eigenvalue weighted by Gasteiger charge is 2.16. The molecule has 0 fully saturated rings. The molecule has 0 aliphatic carbocycles. The summed E-state index contributed by atoms with van der Waals surface area (Å²) in [6.07, 6.45) is -0.136. The third-order valence-corrected chi connectivity index (χ3v) is 1.92. The molecule has 0 bridgehead atoms. The van der Waals surface area contributed by atoms with E-state index in [0.29, 0.717) is 6.54 Å². The van der Waals surface area contributed by atoms with E-state index in [9.17, 15) is 14.4 Å². The third kappa shape index (κ3) is 6.16. The molecule has 1 N–H and O–H groups in total. The predicted molar refractivity (Wildman–Crippen MR) is 60.8 cm³/mol. The fourth-order valence-electron chi connectivity index (χ4n) is 1.24.